The standard InChI is InChI=1S/C19H16BrN3S2/c1-12-11-13(7-8-14(12)20)23-18(16-6-4-10-25-16)17(22-19(23)24)15-5-2-3-9-21-15/h2-11,17-18H,1H3,(H,22,24)/t17-,18+/m0/s1. The average Bonchev–Trinajstić information content (AvgIpc) is 3.25. The van der Waals surface area contributed by atoms with E-state index in [9.17, 15) is 0 Å². The Kier molecular flexibility index (Phi) is 4.58. The van der Waals surface area contributed by atoms with Crippen LogP contribution < -0.4 is 10.2 Å². The Morgan fingerprint density at radius 2 is 2.08 bits per heavy atom. The second-order valence-electron chi connectivity index (χ2n) is 5.95. The van der Waals surface area contributed by atoms with Gasteiger partial charge in [-0.3, -0.25) is 4.98 Å². The van der Waals surface area contributed by atoms with E-state index < -0.39 is 0 Å². The van der Waals surface area contributed by atoms with Gasteiger partial charge in [-0.15, -0.1) is 11.3 Å². The number of anilines is 1. The van der Waals surface area contributed by atoms with E-state index in [1.807, 2.05) is 18.3 Å². The van der Waals surface area contributed by atoms with E-state index >= 15 is 0 Å². The lowest BCUT2D eigenvalue weighted by Crippen LogP contribution is -2.29. The van der Waals surface area contributed by atoms with Crippen LogP contribution >= 0.6 is 39.5 Å². The molecular formula is C19H16BrN3S2. The van der Waals surface area contributed by atoms with Gasteiger partial charge in [0.15, 0.2) is 5.11 Å². The summed E-state index contributed by atoms with van der Waals surface area (Å²) in [6.07, 6.45) is 1.83. The summed E-state index contributed by atoms with van der Waals surface area (Å²) in [5.74, 6) is 0. The van der Waals surface area contributed by atoms with Crippen molar-refractivity contribution in [2.45, 2.75) is 19.0 Å². The van der Waals surface area contributed by atoms with Crippen LogP contribution in [-0.4, -0.2) is 10.1 Å². The molecule has 25 heavy (non-hydrogen) atoms. The highest BCUT2D eigenvalue weighted by atomic mass is 79.9. The van der Waals surface area contributed by atoms with Crippen molar-refractivity contribution in [1.82, 2.24) is 10.3 Å². The maximum absolute atomic E-state index is 5.71. The molecule has 0 amide bonds. The van der Waals surface area contributed by atoms with Crippen LogP contribution in [0.1, 0.15) is 28.2 Å². The summed E-state index contributed by atoms with van der Waals surface area (Å²) in [5, 5.41) is 6.32. The zero-order chi connectivity index (χ0) is 17.4. The van der Waals surface area contributed by atoms with Crippen molar-refractivity contribution in [2.75, 3.05) is 4.90 Å². The minimum Gasteiger partial charge on any atom is -0.351 e. The van der Waals surface area contributed by atoms with Gasteiger partial charge in [0.1, 0.15) is 0 Å². The minimum atomic E-state index is 0.0244. The molecule has 1 saturated heterocycles. The molecule has 0 unspecified atom stereocenters. The first-order valence-electron chi connectivity index (χ1n) is 7.95. The molecule has 0 bridgehead atoms. The summed E-state index contributed by atoms with van der Waals surface area (Å²) in [6, 6.07) is 16.7. The van der Waals surface area contributed by atoms with Crippen LogP contribution in [-0.2, 0) is 0 Å². The third kappa shape index (κ3) is 3.10. The molecule has 1 fully saturated rings. The van der Waals surface area contributed by atoms with Gasteiger partial charge in [0.25, 0.3) is 0 Å². The van der Waals surface area contributed by atoms with E-state index in [0.29, 0.717) is 0 Å². The molecule has 126 valence electrons. The van der Waals surface area contributed by atoms with Gasteiger partial charge in [-0.2, -0.15) is 0 Å². The number of thiocarbonyl (C=S) groups is 1. The van der Waals surface area contributed by atoms with Crippen molar-refractivity contribution < 1.29 is 0 Å². The van der Waals surface area contributed by atoms with Crippen molar-refractivity contribution in [3.05, 3.63) is 80.7 Å². The normalized spacial score (nSPS) is 19.9. The van der Waals surface area contributed by atoms with Gasteiger partial charge in [0, 0.05) is 21.2 Å². The van der Waals surface area contributed by atoms with Crippen LogP contribution in [0.2, 0.25) is 0 Å². The van der Waals surface area contributed by atoms with Crippen LogP contribution in [0.25, 0.3) is 0 Å². The molecule has 0 aliphatic carbocycles. The summed E-state index contributed by atoms with van der Waals surface area (Å²) in [7, 11) is 0. The van der Waals surface area contributed by atoms with Gasteiger partial charge in [0.2, 0.25) is 0 Å². The fourth-order valence-electron chi connectivity index (χ4n) is 3.16. The van der Waals surface area contributed by atoms with Gasteiger partial charge in [-0.1, -0.05) is 28.1 Å². The lowest BCUT2D eigenvalue weighted by atomic mass is 10.0. The highest BCUT2D eigenvalue weighted by Gasteiger charge is 2.41. The van der Waals surface area contributed by atoms with Crippen LogP contribution in [0.15, 0.2) is 64.6 Å². The number of rotatable bonds is 3. The van der Waals surface area contributed by atoms with E-state index in [2.05, 4.69) is 79.8 Å². The molecule has 3 heterocycles. The van der Waals surface area contributed by atoms with Crippen molar-refractivity contribution >= 4 is 50.3 Å². The second-order valence-corrected chi connectivity index (χ2v) is 8.17. The Morgan fingerprint density at radius 3 is 2.76 bits per heavy atom. The lowest BCUT2D eigenvalue weighted by molar-refractivity contribution is 0.575. The smallest absolute Gasteiger partial charge is 0.174 e. The third-order valence-corrected chi connectivity index (χ3v) is 6.50. The lowest BCUT2D eigenvalue weighted by Gasteiger charge is -2.27. The molecule has 1 aromatic carbocycles. The quantitative estimate of drug-likeness (QED) is 0.564. The number of pyridine rings is 1. The molecule has 0 saturated carbocycles. The molecular weight excluding hydrogens is 414 g/mol. The molecule has 2 atom stereocenters. The summed E-state index contributed by atoms with van der Waals surface area (Å²) < 4.78 is 1.10. The Hall–Kier alpha value is -1.76. The zero-order valence-corrected chi connectivity index (χ0v) is 16.7. The summed E-state index contributed by atoms with van der Waals surface area (Å²) in [5.41, 5.74) is 3.28. The number of aromatic nitrogens is 1. The fourth-order valence-corrected chi connectivity index (χ4v) is 4.61. The number of benzene rings is 1. The maximum Gasteiger partial charge on any atom is 0.174 e. The first kappa shape index (κ1) is 16.7. The number of aryl methyl sites for hydroxylation is 1. The molecule has 1 aliphatic heterocycles. The first-order valence-corrected chi connectivity index (χ1v) is 10.0. The molecule has 3 aromatic rings. The van der Waals surface area contributed by atoms with Gasteiger partial charge < -0.3 is 10.2 Å². The van der Waals surface area contributed by atoms with Gasteiger partial charge in [-0.25, -0.2) is 0 Å². The first-order chi connectivity index (χ1) is 12.1. The molecule has 0 spiro atoms. The predicted octanol–water partition coefficient (Wildman–Crippen LogP) is 5.39. The number of thiophene rings is 1. The summed E-state index contributed by atoms with van der Waals surface area (Å²) in [6.45, 7) is 2.09. The number of nitrogens with one attached hydrogen (secondary N) is 1. The van der Waals surface area contributed by atoms with Crippen LogP contribution in [0.5, 0.6) is 0 Å². The SMILES string of the molecule is Cc1cc(N2C(=S)N[C@@H](c3ccccn3)[C@H]2c2cccs2)ccc1Br. The largest absolute Gasteiger partial charge is 0.351 e. The number of hydrogen-bond acceptors (Lipinski definition) is 3. The van der Waals surface area contributed by atoms with Crippen molar-refractivity contribution in [3.8, 4) is 0 Å². The average molecular weight is 430 g/mol. The van der Waals surface area contributed by atoms with Gasteiger partial charge >= 0.3 is 0 Å². The van der Waals surface area contributed by atoms with E-state index in [1.165, 1.54) is 10.4 Å². The molecule has 6 heteroatoms. The third-order valence-electron chi connectivity index (χ3n) is 4.35. The minimum absolute atomic E-state index is 0.0244. The molecule has 3 nitrogen and oxygen atoms in total. The highest BCUT2D eigenvalue weighted by molar-refractivity contribution is 9.10. The molecule has 1 N–H and O–H groups in total. The van der Waals surface area contributed by atoms with Crippen molar-refractivity contribution in [1.29, 1.82) is 0 Å². The van der Waals surface area contributed by atoms with Crippen LogP contribution in [0.4, 0.5) is 5.69 Å². The van der Waals surface area contributed by atoms with Crippen molar-refractivity contribution in [2.24, 2.45) is 0 Å². The topological polar surface area (TPSA) is 28.2 Å². The fraction of sp³-hybridized carbons (Fsp3) is 0.158. The molecule has 4 rings (SSSR count). The summed E-state index contributed by atoms with van der Waals surface area (Å²) in [4.78, 5) is 8.04. The summed E-state index contributed by atoms with van der Waals surface area (Å²) >= 11 is 11.0. The zero-order valence-electron chi connectivity index (χ0n) is 13.5. The number of nitrogens with zero attached hydrogens (tertiary/aromatic N) is 2. The predicted molar refractivity (Wildman–Crippen MR) is 111 cm³/mol. The van der Waals surface area contributed by atoms with E-state index in [-0.39, 0.29) is 12.1 Å². The van der Waals surface area contributed by atoms with E-state index in [1.54, 1.807) is 11.3 Å². The second kappa shape index (κ2) is 6.86. The van der Waals surface area contributed by atoms with Crippen LogP contribution in [0, 0.1) is 6.92 Å². The molecule has 0 radical (unpaired) electrons. The Balaban J connectivity index is 1.82. The highest BCUT2D eigenvalue weighted by Crippen LogP contribution is 2.43. The maximum atomic E-state index is 5.71. The van der Waals surface area contributed by atoms with E-state index in [0.717, 1.165) is 21.0 Å². The number of halogens is 1. The van der Waals surface area contributed by atoms with Gasteiger partial charge in [-0.05, 0) is 66.5 Å². The molecule has 2 aromatic heterocycles. The Labute approximate surface area is 164 Å². The Morgan fingerprint density at radius 1 is 1.20 bits per heavy atom. The van der Waals surface area contributed by atoms with E-state index in [4.69, 9.17) is 12.2 Å². The monoisotopic (exact) mass is 429 g/mol. The van der Waals surface area contributed by atoms with Crippen molar-refractivity contribution in [3.63, 3.8) is 0 Å². The Bertz CT molecular complexity index is 896. The number of hydrogen-bond donors (Lipinski definition) is 1. The van der Waals surface area contributed by atoms with Gasteiger partial charge in [0.05, 0.1) is 17.8 Å². The molecule has 1 aliphatic rings. The van der Waals surface area contributed by atoms with Crippen LogP contribution in [0.3, 0.4) is 0 Å².